The molecule has 1 saturated heterocycles. The fourth-order valence-corrected chi connectivity index (χ4v) is 2.50. The average Bonchev–Trinajstić information content (AvgIpc) is 2.83. The Morgan fingerprint density at radius 2 is 2.00 bits per heavy atom. The van der Waals surface area contributed by atoms with Crippen molar-refractivity contribution in [1.29, 1.82) is 0 Å². The van der Waals surface area contributed by atoms with Crippen LogP contribution in [0.4, 0.5) is 0 Å². The molecule has 5 nitrogen and oxygen atoms in total. The van der Waals surface area contributed by atoms with E-state index in [0.717, 1.165) is 6.42 Å². The first-order valence-corrected chi connectivity index (χ1v) is 6.53. The maximum atomic E-state index is 11.7. The van der Waals surface area contributed by atoms with E-state index in [-0.39, 0.29) is 17.9 Å². The summed E-state index contributed by atoms with van der Waals surface area (Å²) in [5.41, 5.74) is 0. The van der Waals surface area contributed by atoms with Gasteiger partial charge in [0.1, 0.15) is 0 Å². The second-order valence-corrected chi connectivity index (χ2v) is 4.97. The van der Waals surface area contributed by atoms with E-state index in [1.807, 2.05) is 0 Å². The van der Waals surface area contributed by atoms with Gasteiger partial charge in [0.15, 0.2) is 0 Å². The minimum Gasteiger partial charge on any atom is -0.354 e. The summed E-state index contributed by atoms with van der Waals surface area (Å²) in [4.78, 5) is 22.6. The van der Waals surface area contributed by atoms with Gasteiger partial charge in [-0.25, -0.2) is 0 Å². The van der Waals surface area contributed by atoms with Crippen LogP contribution in [0.25, 0.3) is 0 Å². The molecule has 1 atom stereocenters. The number of hydrogen-bond acceptors (Lipinski definition) is 3. The predicted molar refractivity (Wildman–Crippen MR) is 64.4 cm³/mol. The minimum absolute atomic E-state index is 0.0399. The maximum absolute atomic E-state index is 11.7. The molecule has 0 bridgehead atoms. The van der Waals surface area contributed by atoms with Gasteiger partial charge in [-0.05, 0) is 19.3 Å². The maximum Gasteiger partial charge on any atom is 0.234 e. The Morgan fingerprint density at radius 3 is 2.65 bits per heavy atom. The van der Waals surface area contributed by atoms with E-state index in [0.29, 0.717) is 25.6 Å². The van der Waals surface area contributed by atoms with Gasteiger partial charge in [-0.1, -0.05) is 12.8 Å². The van der Waals surface area contributed by atoms with E-state index in [9.17, 15) is 9.59 Å². The Bertz CT molecular complexity index is 277. The van der Waals surface area contributed by atoms with Crippen LogP contribution in [0.1, 0.15) is 38.5 Å². The van der Waals surface area contributed by atoms with Crippen molar-refractivity contribution in [1.82, 2.24) is 16.0 Å². The topological polar surface area (TPSA) is 70.2 Å². The summed E-state index contributed by atoms with van der Waals surface area (Å²) < 4.78 is 0. The van der Waals surface area contributed by atoms with Crippen LogP contribution in [0.15, 0.2) is 0 Å². The van der Waals surface area contributed by atoms with Gasteiger partial charge in [-0.3, -0.25) is 9.59 Å². The molecule has 2 rings (SSSR count). The zero-order valence-corrected chi connectivity index (χ0v) is 10.1. The van der Waals surface area contributed by atoms with Gasteiger partial charge < -0.3 is 16.0 Å². The zero-order valence-electron chi connectivity index (χ0n) is 10.1. The number of hydrogen-bond donors (Lipinski definition) is 3. The molecule has 0 aromatic heterocycles. The summed E-state index contributed by atoms with van der Waals surface area (Å²) in [7, 11) is 0. The lowest BCUT2D eigenvalue weighted by atomic mass is 10.1. The highest BCUT2D eigenvalue weighted by atomic mass is 16.2. The van der Waals surface area contributed by atoms with E-state index in [4.69, 9.17) is 0 Å². The van der Waals surface area contributed by atoms with Crippen LogP contribution >= 0.6 is 0 Å². The van der Waals surface area contributed by atoms with Crippen molar-refractivity contribution in [2.75, 3.05) is 13.1 Å². The van der Waals surface area contributed by atoms with Crippen LogP contribution in [-0.2, 0) is 9.59 Å². The highest BCUT2D eigenvalue weighted by molar-refractivity contribution is 5.80. The molecule has 0 aromatic rings. The number of rotatable bonds is 4. The lowest BCUT2D eigenvalue weighted by molar-refractivity contribution is -0.125. The normalized spacial score (nSPS) is 25.6. The van der Waals surface area contributed by atoms with Crippen LogP contribution < -0.4 is 16.0 Å². The number of amides is 2. The highest BCUT2D eigenvalue weighted by Gasteiger charge is 2.20. The van der Waals surface area contributed by atoms with Crippen molar-refractivity contribution in [2.24, 2.45) is 0 Å². The SMILES string of the molecule is O=C1CCC(NC(=O)CNC2CCCC2)CN1. The van der Waals surface area contributed by atoms with E-state index in [1.54, 1.807) is 0 Å². The number of nitrogens with one attached hydrogen (secondary N) is 3. The van der Waals surface area contributed by atoms with E-state index in [2.05, 4.69) is 16.0 Å². The molecule has 0 aromatic carbocycles. The monoisotopic (exact) mass is 239 g/mol. The molecule has 5 heteroatoms. The third-order valence-corrected chi connectivity index (χ3v) is 3.54. The van der Waals surface area contributed by atoms with E-state index >= 15 is 0 Å². The molecule has 1 heterocycles. The summed E-state index contributed by atoms with van der Waals surface area (Å²) in [5.74, 6) is 0.123. The molecule has 0 radical (unpaired) electrons. The van der Waals surface area contributed by atoms with Gasteiger partial charge in [0, 0.05) is 25.0 Å². The Morgan fingerprint density at radius 1 is 1.24 bits per heavy atom. The second-order valence-electron chi connectivity index (χ2n) is 4.97. The van der Waals surface area contributed by atoms with Crippen LogP contribution in [0.3, 0.4) is 0 Å². The molecule has 1 unspecified atom stereocenters. The smallest absolute Gasteiger partial charge is 0.234 e. The van der Waals surface area contributed by atoms with Gasteiger partial charge in [0.25, 0.3) is 0 Å². The fourth-order valence-electron chi connectivity index (χ4n) is 2.50. The van der Waals surface area contributed by atoms with Gasteiger partial charge in [-0.15, -0.1) is 0 Å². The van der Waals surface area contributed by atoms with Crippen molar-refractivity contribution < 1.29 is 9.59 Å². The van der Waals surface area contributed by atoms with Gasteiger partial charge >= 0.3 is 0 Å². The first kappa shape index (κ1) is 12.4. The molecule has 1 aliphatic heterocycles. The second kappa shape index (κ2) is 6.00. The highest BCUT2D eigenvalue weighted by Crippen LogP contribution is 2.17. The quantitative estimate of drug-likeness (QED) is 0.642. The average molecular weight is 239 g/mol. The summed E-state index contributed by atoms with van der Waals surface area (Å²) >= 11 is 0. The van der Waals surface area contributed by atoms with Crippen molar-refractivity contribution >= 4 is 11.8 Å². The van der Waals surface area contributed by atoms with Crippen LogP contribution in [0.5, 0.6) is 0 Å². The van der Waals surface area contributed by atoms with Crippen molar-refractivity contribution in [2.45, 2.75) is 50.6 Å². The molecular formula is C12H21N3O2. The molecule has 0 spiro atoms. The van der Waals surface area contributed by atoms with Crippen LogP contribution in [-0.4, -0.2) is 37.0 Å². The summed E-state index contributed by atoms with van der Waals surface area (Å²) in [6.07, 6.45) is 6.18. The van der Waals surface area contributed by atoms with Crippen LogP contribution in [0.2, 0.25) is 0 Å². The summed E-state index contributed by atoms with van der Waals surface area (Å²) in [6, 6.07) is 0.623. The van der Waals surface area contributed by atoms with E-state index < -0.39 is 0 Å². The number of piperidine rings is 1. The molecule has 2 amide bonds. The predicted octanol–water partition coefficient (Wildman–Crippen LogP) is -0.0866. The Labute approximate surface area is 102 Å². The lowest BCUT2D eigenvalue weighted by Gasteiger charge is -2.23. The molecule has 1 saturated carbocycles. The Kier molecular flexibility index (Phi) is 4.36. The largest absolute Gasteiger partial charge is 0.354 e. The number of carbonyl (C=O) groups excluding carboxylic acids is 2. The van der Waals surface area contributed by atoms with Crippen molar-refractivity contribution in [3.63, 3.8) is 0 Å². The van der Waals surface area contributed by atoms with E-state index in [1.165, 1.54) is 25.7 Å². The first-order valence-electron chi connectivity index (χ1n) is 6.53. The van der Waals surface area contributed by atoms with Gasteiger partial charge in [-0.2, -0.15) is 0 Å². The standard InChI is InChI=1S/C12H21N3O2/c16-11-6-5-10(7-14-11)15-12(17)8-13-9-3-1-2-4-9/h9-10,13H,1-8H2,(H,14,16)(H,15,17). The first-order chi connectivity index (χ1) is 8.24. The summed E-state index contributed by atoms with van der Waals surface area (Å²) in [6.45, 7) is 0.961. The van der Waals surface area contributed by atoms with Gasteiger partial charge in [0.2, 0.25) is 11.8 Å². The van der Waals surface area contributed by atoms with Crippen molar-refractivity contribution in [3.05, 3.63) is 0 Å². The number of carbonyl (C=O) groups is 2. The molecule has 1 aliphatic carbocycles. The molecule has 17 heavy (non-hydrogen) atoms. The third-order valence-electron chi connectivity index (χ3n) is 3.54. The molecule has 2 aliphatic rings. The van der Waals surface area contributed by atoms with Crippen molar-refractivity contribution in [3.8, 4) is 0 Å². The summed E-state index contributed by atoms with van der Waals surface area (Å²) in [5, 5.41) is 8.99. The Balaban J connectivity index is 1.61. The third kappa shape index (κ3) is 4.00. The molecule has 3 N–H and O–H groups in total. The molecule has 2 fully saturated rings. The lowest BCUT2D eigenvalue weighted by Crippen LogP contribution is -2.50. The minimum atomic E-state index is 0.0399. The fraction of sp³-hybridized carbons (Fsp3) is 0.833. The zero-order chi connectivity index (χ0) is 12.1. The molecular weight excluding hydrogens is 218 g/mol. The van der Waals surface area contributed by atoms with Crippen LogP contribution in [0, 0.1) is 0 Å². The molecule has 96 valence electrons. The Hall–Kier alpha value is -1.10. The van der Waals surface area contributed by atoms with Gasteiger partial charge in [0.05, 0.1) is 6.54 Å².